The lowest BCUT2D eigenvalue weighted by molar-refractivity contribution is -0.141. The van der Waals surface area contributed by atoms with Crippen LogP contribution in [0.3, 0.4) is 0 Å². The van der Waals surface area contributed by atoms with Gasteiger partial charge in [0.2, 0.25) is 41.4 Å². The summed E-state index contributed by atoms with van der Waals surface area (Å²) >= 11 is 0. The summed E-state index contributed by atoms with van der Waals surface area (Å²) < 4.78 is 0. The number of hydrogen-bond donors (Lipinski definition) is 9. The molecule has 0 aromatic carbocycles. The van der Waals surface area contributed by atoms with Crippen molar-refractivity contribution in [3.8, 4) is 0 Å². The molecule has 0 saturated heterocycles. The van der Waals surface area contributed by atoms with Crippen molar-refractivity contribution in [3.05, 3.63) is 0 Å². The van der Waals surface area contributed by atoms with Gasteiger partial charge in [0.25, 0.3) is 0 Å². The average molecular weight is 587 g/mol. The van der Waals surface area contributed by atoms with Crippen molar-refractivity contribution in [2.75, 3.05) is 0 Å². The van der Waals surface area contributed by atoms with Crippen molar-refractivity contribution in [2.45, 2.75) is 104 Å². The fraction of sp³-hybridized carbons (Fsp3) is 0.667. The molecule has 0 rings (SSSR count). The van der Waals surface area contributed by atoms with E-state index in [9.17, 15) is 38.4 Å². The Hall–Kier alpha value is -4.28. The summed E-state index contributed by atoms with van der Waals surface area (Å²) in [6.07, 6.45) is 0. The summed E-state index contributed by atoms with van der Waals surface area (Å²) in [5, 5.41) is 25.3. The molecule has 0 aromatic rings. The second kappa shape index (κ2) is 16.7. The van der Waals surface area contributed by atoms with Crippen LogP contribution in [0.15, 0.2) is 0 Å². The van der Waals surface area contributed by atoms with E-state index in [1.165, 1.54) is 55.4 Å². The highest BCUT2D eigenvalue weighted by atomic mass is 16.4. The standard InChI is InChI=1S/C24H42N8O9/c1-9(25)17(33)26-10(2)18(34)27-11(3)19(35)28-12(4)20(36)29-13(5)21(37)30-14(6)22(38)31-15(7)23(39)32-16(8)24(40)41/h9-16H,25H2,1-8H3,(H,26,33)(H,27,34)(H,28,35)(H,29,36)(H,30,37)(H,31,38)(H,32,39)(H,40,41)/t9-,10-,11-,12-,13-,14-,15-,16-/m0/s1. The van der Waals surface area contributed by atoms with Crippen LogP contribution in [0.5, 0.6) is 0 Å². The van der Waals surface area contributed by atoms with E-state index in [0.29, 0.717) is 0 Å². The Morgan fingerprint density at radius 3 is 0.732 bits per heavy atom. The number of rotatable bonds is 15. The molecule has 0 aliphatic carbocycles. The lowest BCUT2D eigenvalue weighted by Gasteiger charge is -2.23. The van der Waals surface area contributed by atoms with Gasteiger partial charge in [-0.2, -0.15) is 0 Å². The average Bonchev–Trinajstić information content (AvgIpc) is 2.87. The lowest BCUT2D eigenvalue weighted by atomic mass is 10.2. The van der Waals surface area contributed by atoms with Gasteiger partial charge in [-0.25, -0.2) is 0 Å². The Balaban J connectivity index is 4.77. The van der Waals surface area contributed by atoms with Crippen molar-refractivity contribution in [3.63, 3.8) is 0 Å². The minimum atomic E-state index is -1.25. The highest BCUT2D eigenvalue weighted by Crippen LogP contribution is 1.95. The largest absolute Gasteiger partial charge is 0.480 e. The zero-order chi connectivity index (χ0) is 32.2. The predicted molar refractivity (Wildman–Crippen MR) is 145 cm³/mol. The van der Waals surface area contributed by atoms with Crippen molar-refractivity contribution in [2.24, 2.45) is 5.73 Å². The molecule has 0 fully saturated rings. The fourth-order valence-electron chi connectivity index (χ4n) is 2.83. The number of carbonyl (C=O) groups is 8. The van der Waals surface area contributed by atoms with Gasteiger partial charge >= 0.3 is 5.97 Å². The van der Waals surface area contributed by atoms with E-state index in [4.69, 9.17) is 10.8 Å². The monoisotopic (exact) mass is 586 g/mol. The highest BCUT2D eigenvalue weighted by molar-refractivity contribution is 5.96. The summed E-state index contributed by atoms with van der Waals surface area (Å²) in [6.45, 7) is 10.9. The molecule has 0 aliphatic heterocycles. The lowest BCUT2D eigenvalue weighted by Crippen LogP contribution is -2.58. The van der Waals surface area contributed by atoms with Gasteiger partial charge in [0.1, 0.15) is 42.3 Å². The fourth-order valence-corrected chi connectivity index (χ4v) is 2.83. The molecule has 17 nitrogen and oxygen atoms in total. The molecule has 0 unspecified atom stereocenters. The van der Waals surface area contributed by atoms with Gasteiger partial charge in [0, 0.05) is 0 Å². The quantitative estimate of drug-likeness (QED) is 0.0896. The van der Waals surface area contributed by atoms with Crippen LogP contribution in [0.2, 0.25) is 0 Å². The molecule has 0 heterocycles. The van der Waals surface area contributed by atoms with E-state index < -0.39 is 95.7 Å². The summed E-state index contributed by atoms with van der Waals surface area (Å²) in [5.41, 5.74) is 5.44. The van der Waals surface area contributed by atoms with E-state index in [0.717, 1.165) is 0 Å². The molecule has 41 heavy (non-hydrogen) atoms. The van der Waals surface area contributed by atoms with Gasteiger partial charge in [-0.05, 0) is 55.4 Å². The Morgan fingerprint density at radius 2 is 0.561 bits per heavy atom. The summed E-state index contributed by atoms with van der Waals surface area (Å²) in [6, 6.07) is -8.46. The Kier molecular flexibility index (Phi) is 15.0. The van der Waals surface area contributed by atoms with E-state index in [1.807, 2.05) is 0 Å². The summed E-state index contributed by atoms with van der Waals surface area (Å²) in [5.74, 6) is -6.08. The number of amides is 7. The minimum Gasteiger partial charge on any atom is -0.480 e. The Labute approximate surface area is 237 Å². The first kappa shape index (κ1) is 36.7. The highest BCUT2D eigenvalue weighted by Gasteiger charge is 2.28. The molecular weight excluding hydrogens is 544 g/mol. The normalized spacial score (nSPS) is 16.5. The van der Waals surface area contributed by atoms with Crippen LogP contribution in [-0.2, 0) is 38.4 Å². The third-order valence-electron chi connectivity index (χ3n) is 5.66. The molecule has 17 heteroatoms. The number of hydrogen-bond acceptors (Lipinski definition) is 9. The molecule has 0 spiro atoms. The second-order valence-electron chi connectivity index (χ2n) is 9.74. The van der Waals surface area contributed by atoms with Crippen LogP contribution >= 0.6 is 0 Å². The molecule has 8 atom stereocenters. The van der Waals surface area contributed by atoms with Crippen LogP contribution < -0.4 is 43.0 Å². The van der Waals surface area contributed by atoms with E-state index in [1.54, 1.807) is 0 Å². The van der Waals surface area contributed by atoms with E-state index >= 15 is 0 Å². The van der Waals surface area contributed by atoms with Crippen LogP contribution in [0, 0.1) is 0 Å². The molecule has 0 radical (unpaired) electrons. The number of carboxylic acid groups (broad SMARTS) is 1. The van der Waals surface area contributed by atoms with E-state index in [2.05, 4.69) is 37.2 Å². The van der Waals surface area contributed by atoms with Gasteiger partial charge < -0.3 is 48.1 Å². The SMILES string of the molecule is C[C@H](N)C(=O)N[C@@H](C)C(=O)N[C@@H](C)C(=O)N[C@@H](C)C(=O)N[C@@H](C)C(=O)N[C@@H](C)C(=O)N[C@@H](C)C(=O)N[C@@H](C)C(=O)O. The number of carbonyl (C=O) groups excluding carboxylic acids is 7. The molecule has 0 aliphatic rings. The van der Waals surface area contributed by atoms with Crippen LogP contribution in [0.1, 0.15) is 55.4 Å². The molecule has 232 valence electrons. The first-order valence-corrected chi connectivity index (χ1v) is 12.9. The molecule has 0 saturated carbocycles. The zero-order valence-corrected chi connectivity index (χ0v) is 24.4. The number of aliphatic carboxylic acids is 1. The smallest absolute Gasteiger partial charge is 0.325 e. The Morgan fingerprint density at radius 1 is 0.390 bits per heavy atom. The minimum absolute atomic E-state index is 0.548. The first-order chi connectivity index (χ1) is 18.8. The van der Waals surface area contributed by atoms with Crippen LogP contribution in [0.25, 0.3) is 0 Å². The van der Waals surface area contributed by atoms with Crippen molar-refractivity contribution < 1.29 is 43.5 Å². The van der Waals surface area contributed by atoms with Gasteiger partial charge in [-0.1, -0.05) is 0 Å². The summed E-state index contributed by atoms with van der Waals surface area (Å²) in [4.78, 5) is 96.4. The van der Waals surface area contributed by atoms with Crippen LogP contribution in [0.4, 0.5) is 0 Å². The molecule has 0 aromatic heterocycles. The van der Waals surface area contributed by atoms with Crippen molar-refractivity contribution >= 4 is 47.3 Å². The molecule has 0 bridgehead atoms. The predicted octanol–water partition coefficient (Wildman–Crippen LogP) is -4.05. The maximum Gasteiger partial charge on any atom is 0.325 e. The summed E-state index contributed by atoms with van der Waals surface area (Å²) in [7, 11) is 0. The maximum absolute atomic E-state index is 12.5. The maximum atomic E-state index is 12.5. The topological polar surface area (TPSA) is 267 Å². The third kappa shape index (κ3) is 13.1. The zero-order valence-electron chi connectivity index (χ0n) is 24.4. The van der Waals surface area contributed by atoms with Gasteiger partial charge in [-0.3, -0.25) is 38.4 Å². The number of nitrogens with two attached hydrogens (primary N) is 1. The van der Waals surface area contributed by atoms with Gasteiger partial charge in [0.05, 0.1) is 6.04 Å². The van der Waals surface area contributed by atoms with Crippen LogP contribution in [-0.4, -0.2) is 101 Å². The third-order valence-corrected chi connectivity index (χ3v) is 5.66. The van der Waals surface area contributed by atoms with Gasteiger partial charge in [-0.15, -0.1) is 0 Å². The molecule has 7 amide bonds. The number of carboxylic acids is 1. The second-order valence-corrected chi connectivity index (χ2v) is 9.74. The molecule has 10 N–H and O–H groups in total. The number of nitrogens with one attached hydrogen (secondary N) is 7. The van der Waals surface area contributed by atoms with Crippen molar-refractivity contribution in [1.29, 1.82) is 0 Å². The van der Waals surface area contributed by atoms with Crippen molar-refractivity contribution in [1.82, 2.24) is 37.2 Å². The van der Waals surface area contributed by atoms with E-state index in [-0.39, 0.29) is 0 Å². The Bertz CT molecular complexity index is 1020. The van der Waals surface area contributed by atoms with Gasteiger partial charge in [0.15, 0.2) is 0 Å². The molecular formula is C24H42N8O9. The first-order valence-electron chi connectivity index (χ1n) is 12.9.